The fraction of sp³-hybridized carbons (Fsp3) is 0.667. The molecule has 4 aliphatic carbocycles. The molecule has 1 aromatic carbocycles. The largest absolute Gasteiger partial charge is 0.340 e. The Morgan fingerprint density at radius 1 is 1.11 bits per heavy atom. The van der Waals surface area contributed by atoms with Gasteiger partial charge in [0.15, 0.2) is 0 Å². The lowest BCUT2D eigenvalue weighted by atomic mass is 9.49. The molecule has 1 heterocycles. The van der Waals surface area contributed by atoms with Crippen LogP contribution in [0.3, 0.4) is 0 Å². The van der Waals surface area contributed by atoms with Crippen LogP contribution in [0.15, 0.2) is 35.9 Å². The van der Waals surface area contributed by atoms with Gasteiger partial charge in [0.25, 0.3) is 0 Å². The molecule has 0 radical (unpaired) electrons. The van der Waals surface area contributed by atoms with Crippen molar-refractivity contribution in [1.82, 2.24) is 14.7 Å². The summed E-state index contributed by atoms with van der Waals surface area (Å²) in [4.78, 5) is 32.9. The first-order valence-electron chi connectivity index (χ1n) is 14.3. The van der Waals surface area contributed by atoms with E-state index in [9.17, 15) is 9.59 Å². The number of nitrogens with one attached hydrogen (secondary N) is 1. The first-order valence-corrected chi connectivity index (χ1v) is 14.7. The predicted molar refractivity (Wildman–Crippen MR) is 150 cm³/mol. The van der Waals surface area contributed by atoms with Crippen molar-refractivity contribution in [3.63, 3.8) is 0 Å². The fourth-order valence-corrected chi connectivity index (χ4v) is 7.15. The van der Waals surface area contributed by atoms with Gasteiger partial charge in [-0.3, -0.25) is 9.69 Å². The van der Waals surface area contributed by atoms with Crippen LogP contribution < -0.4 is 5.32 Å². The molecule has 1 saturated heterocycles. The van der Waals surface area contributed by atoms with Gasteiger partial charge in [-0.05, 0) is 61.1 Å². The second-order valence-corrected chi connectivity index (χ2v) is 12.6. The molecule has 3 fully saturated rings. The van der Waals surface area contributed by atoms with Crippen molar-refractivity contribution in [3.05, 3.63) is 40.9 Å². The van der Waals surface area contributed by atoms with E-state index >= 15 is 0 Å². The van der Waals surface area contributed by atoms with Gasteiger partial charge in [0.05, 0.1) is 0 Å². The lowest BCUT2D eigenvalue weighted by Crippen LogP contribution is -2.53. The summed E-state index contributed by atoms with van der Waals surface area (Å²) >= 11 is 6.16. The minimum atomic E-state index is -0.0754. The number of halogens is 1. The van der Waals surface area contributed by atoms with Gasteiger partial charge in [-0.1, -0.05) is 62.4 Å². The van der Waals surface area contributed by atoms with E-state index < -0.39 is 0 Å². The van der Waals surface area contributed by atoms with Gasteiger partial charge in [-0.25, -0.2) is 4.79 Å². The van der Waals surface area contributed by atoms with Crippen molar-refractivity contribution >= 4 is 29.2 Å². The predicted octanol–water partition coefficient (Wildman–Crippen LogP) is 5.89. The highest BCUT2D eigenvalue weighted by atomic mass is 35.5. The minimum Gasteiger partial charge on any atom is -0.340 e. The van der Waals surface area contributed by atoms with Crippen molar-refractivity contribution in [2.75, 3.05) is 51.1 Å². The number of fused-ring (bicyclic) bond motifs is 1. The molecule has 2 bridgehead atoms. The van der Waals surface area contributed by atoms with Crippen LogP contribution in [0.5, 0.6) is 0 Å². The van der Waals surface area contributed by atoms with Crippen LogP contribution in [0.25, 0.3) is 0 Å². The molecule has 7 heteroatoms. The molecule has 5 aliphatic rings. The van der Waals surface area contributed by atoms with E-state index in [-0.39, 0.29) is 11.9 Å². The zero-order valence-corrected chi connectivity index (χ0v) is 23.3. The second-order valence-electron chi connectivity index (χ2n) is 12.2. The summed E-state index contributed by atoms with van der Waals surface area (Å²) in [5, 5.41) is 3.68. The van der Waals surface area contributed by atoms with E-state index in [4.69, 9.17) is 11.6 Å². The van der Waals surface area contributed by atoms with E-state index in [1.807, 2.05) is 23.1 Å². The Labute approximate surface area is 227 Å². The van der Waals surface area contributed by atoms with Gasteiger partial charge in [0, 0.05) is 62.4 Å². The molecule has 3 amide bonds. The third-order valence-corrected chi connectivity index (χ3v) is 9.88. The summed E-state index contributed by atoms with van der Waals surface area (Å²) in [5.74, 6) is 1.96. The van der Waals surface area contributed by atoms with Crippen LogP contribution in [0.2, 0.25) is 5.02 Å². The molecular formula is C30H43ClN4O2. The lowest BCUT2D eigenvalue weighted by Gasteiger charge is -2.57. The van der Waals surface area contributed by atoms with Gasteiger partial charge < -0.3 is 15.1 Å². The zero-order chi connectivity index (χ0) is 26.0. The fourth-order valence-electron chi connectivity index (χ4n) is 6.96. The Balaban J connectivity index is 1.18. The number of carbonyl (C=O) groups excluding carboxylic acids is 2. The Hall–Kier alpha value is -2.05. The topological polar surface area (TPSA) is 55.9 Å². The first kappa shape index (κ1) is 26.6. The SMILES string of the molecule is CC1(C)C2CC=C(CN(CCN3CCN(C(=O)C4CCCCC4)CC3)C(=O)Nc3cccc(Cl)c3)C1C2. The number of rotatable bonds is 7. The van der Waals surface area contributed by atoms with Crippen molar-refractivity contribution in [2.24, 2.45) is 23.2 Å². The monoisotopic (exact) mass is 526 g/mol. The summed E-state index contributed by atoms with van der Waals surface area (Å²) < 4.78 is 0. The molecule has 37 heavy (non-hydrogen) atoms. The van der Waals surface area contributed by atoms with Crippen LogP contribution in [-0.4, -0.2) is 72.5 Å². The maximum absolute atomic E-state index is 13.4. The third-order valence-electron chi connectivity index (χ3n) is 9.64. The average molecular weight is 527 g/mol. The molecular weight excluding hydrogens is 484 g/mol. The molecule has 202 valence electrons. The van der Waals surface area contributed by atoms with Gasteiger partial charge in [0.2, 0.25) is 5.91 Å². The van der Waals surface area contributed by atoms with Crippen molar-refractivity contribution in [3.8, 4) is 0 Å². The molecule has 1 aliphatic heterocycles. The Kier molecular flexibility index (Phi) is 8.16. The van der Waals surface area contributed by atoms with Crippen LogP contribution in [0.4, 0.5) is 10.5 Å². The smallest absolute Gasteiger partial charge is 0.322 e. The van der Waals surface area contributed by atoms with Crippen molar-refractivity contribution in [2.45, 2.75) is 58.8 Å². The zero-order valence-electron chi connectivity index (χ0n) is 22.6. The number of nitrogens with zero attached hydrogens (tertiary/aromatic N) is 3. The maximum Gasteiger partial charge on any atom is 0.322 e. The van der Waals surface area contributed by atoms with Crippen molar-refractivity contribution in [1.29, 1.82) is 0 Å². The van der Waals surface area contributed by atoms with E-state index in [1.165, 1.54) is 31.3 Å². The number of urea groups is 1. The van der Waals surface area contributed by atoms with Gasteiger partial charge >= 0.3 is 6.03 Å². The highest BCUT2D eigenvalue weighted by Crippen LogP contribution is 2.59. The quantitative estimate of drug-likeness (QED) is 0.451. The number of allylic oxidation sites excluding steroid dienone is 1. The minimum absolute atomic E-state index is 0.0754. The average Bonchev–Trinajstić information content (AvgIpc) is 2.91. The molecule has 0 aromatic heterocycles. The van der Waals surface area contributed by atoms with E-state index in [0.29, 0.717) is 35.4 Å². The Morgan fingerprint density at radius 2 is 1.86 bits per heavy atom. The standard InChI is InChI=1S/C30H43ClN4O2/c1-30(2)24-12-11-23(27(30)19-24)21-35(29(37)32-26-10-6-9-25(31)20-26)18-15-33-13-16-34(17-14-33)28(36)22-7-4-3-5-8-22/h6,9-11,20,22,24,27H,3-5,7-8,12-19,21H2,1-2H3,(H,32,37). The number of hydrogen-bond acceptors (Lipinski definition) is 3. The Morgan fingerprint density at radius 3 is 2.54 bits per heavy atom. The summed E-state index contributed by atoms with van der Waals surface area (Å²) in [5.41, 5.74) is 2.47. The van der Waals surface area contributed by atoms with Crippen LogP contribution in [-0.2, 0) is 4.79 Å². The van der Waals surface area contributed by atoms with Crippen molar-refractivity contribution < 1.29 is 9.59 Å². The Bertz CT molecular complexity index is 1010. The summed E-state index contributed by atoms with van der Waals surface area (Å²) in [6.07, 6.45) is 10.5. The normalized spacial score (nSPS) is 25.7. The number of amides is 3. The highest BCUT2D eigenvalue weighted by Gasteiger charge is 2.51. The van der Waals surface area contributed by atoms with E-state index in [0.717, 1.165) is 63.6 Å². The lowest BCUT2D eigenvalue weighted by molar-refractivity contribution is -0.138. The molecule has 2 unspecified atom stereocenters. The summed E-state index contributed by atoms with van der Waals surface area (Å²) in [6, 6.07) is 7.27. The number of carbonyl (C=O) groups is 2. The molecule has 1 aromatic rings. The summed E-state index contributed by atoms with van der Waals surface area (Å²) in [7, 11) is 0. The number of piperazine rings is 1. The van der Waals surface area contributed by atoms with Gasteiger partial charge in [-0.2, -0.15) is 0 Å². The highest BCUT2D eigenvalue weighted by molar-refractivity contribution is 6.30. The molecule has 2 saturated carbocycles. The summed E-state index contributed by atoms with van der Waals surface area (Å²) in [6.45, 7) is 10.3. The number of anilines is 1. The van der Waals surface area contributed by atoms with Gasteiger partial charge in [0.1, 0.15) is 0 Å². The number of benzene rings is 1. The molecule has 0 spiro atoms. The van der Waals surface area contributed by atoms with E-state index in [1.54, 1.807) is 6.07 Å². The van der Waals surface area contributed by atoms with E-state index in [2.05, 4.69) is 35.0 Å². The molecule has 1 N–H and O–H groups in total. The van der Waals surface area contributed by atoms with Crippen LogP contribution in [0, 0.1) is 23.2 Å². The first-order chi connectivity index (χ1) is 17.8. The number of hydrogen-bond donors (Lipinski definition) is 1. The van der Waals surface area contributed by atoms with Crippen LogP contribution >= 0.6 is 11.6 Å². The molecule has 2 atom stereocenters. The second kappa shape index (κ2) is 11.4. The van der Waals surface area contributed by atoms with Gasteiger partial charge in [-0.15, -0.1) is 0 Å². The molecule has 6 nitrogen and oxygen atoms in total. The maximum atomic E-state index is 13.4. The third kappa shape index (κ3) is 6.01. The molecule has 6 rings (SSSR count). The van der Waals surface area contributed by atoms with Crippen LogP contribution in [0.1, 0.15) is 58.8 Å².